The van der Waals surface area contributed by atoms with Gasteiger partial charge >= 0.3 is 0 Å². The van der Waals surface area contributed by atoms with Crippen molar-refractivity contribution in [2.75, 3.05) is 51.9 Å². The highest BCUT2D eigenvalue weighted by molar-refractivity contribution is 6.31. The van der Waals surface area contributed by atoms with E-state index in [1.807, 2.05) is 12.1 Å². The highest BCUT2D eigenvalue weighted by Gasteiger charge is 2.13. The Morgan fingerprint density at radius 2 is 1.88 bits per heavy atom. The van der Waals surface area contributed by atoms with Gasteiger partial charge in [-0.1, -0.05) is 24.4 Å². The van der Waals surface area contributed by atoms with Crippen LogP contribution >= 0.6 is 11.6 Å². The van der Waals surface area contributed by atoms with Crippen LogP contribution in [0.5, 0.6) is 11.5 Å². The third kappa shape index (κ3) is 6.46. The monoisotopic (exact) mass is 488 g/mol. The van der Waals surface area contributed by atoms with Crippen LogP contribution in [0.4, 0.5) is 15.9 Å². The molecule has 3 aromatic rings. The van der Waals surface area contributed by atoms with E-state index in [0.717, 1.165) is 51.1 Å². The van der Waals surface area contributed by atoms with Gasteiger partial charge in [-0.25, -0.2) is 14.4 Å². The fourth-order valence-corrected chi connectivity index (χ4v) is 4.13. The summed E-state index contributed by atoms with van der Waals surface area (Å²) in [4.78, 5) is 11.2. The molecule has 0 aliphatic carbocycles. The molecular weight excluding hydrogens is 459 g/mol. The van der Waals surface area contributed by atoms with Crippen LogP contribution in [0.3, 0.4) is 0 Å². The van der Waals surface area contributed by atoms with E-state index in [4.69, 9.17) is 25.8 Å². The Bertz CT molecular complexity index is 1100. The Balaban J connectivity index is 1.35. The molecule has 0 bridgehead atoms. The molecular formula is C25H30ClFN4O3. The van der Waals surface area contributed by atoms with Crippen molar-refractivity contribution in [2.24, 2.45) is 0 Å². The van der Waals surface area contributed by atoms with Crippen molar-refractivity contribution in [3.05, 3.63) is 47.5 Å². The number of hydrogen-bond donors (Lipinski definition) is 1. The zero-order valence-corrected chi connectivity index (χ0v) is 20.1. The largest absolute Gasteiger partial charge is 0.493 e. The molecule has 0 radical (unpaired) electrons. The molecule has 9 heteroatoms. The minimum atomic E-state index is -0.471. The topological polar surface area (TPSA) is 68.7 Å². The molecule has 7 nitrogen and oxygen atoms in total. The van der Waals surface area contributed by atoms with Crippen molar-refractivity contribution >= 4 is 34.0 Å². The predicted molar refractivity (Wildman–Crippen MR) is 132 cm³/mol. The molecule has 1 N–H and O–H groups in total. The smallest absolute Gasteiger partial charge is 0.162 e. The number of rotatable bonds is 11. The summed E-state index contributed by atoms with van der Waals surface area (Å²) < 4.78 is 30.5. The van der Waals surface area contributed by atoms with Gasteiger partial charge in [0.1, 0.15) is 18.0 Å². The molecule has 4 rings (SSSR count). The summed E-state index contributed by atoms with van der Waals surface area (Å²) in [7, 11) is 1.61. The number of aromatic nitrogens is 2. The van der Waals surface area contributed by atoms with Gasteiger partial charge in [0.05, 0.1) is 37.5 Å². The molecule has 1 saturated heterocycles. The van der Waals surface area contributed by atoms with Crippen molar-refractivity contribution in [1.29, 1.82) is 0 Å². The Kier molecular flexibility index (Phi) is 8.73. The summed E-state index contributed by atoms with van der Waals surface area (Å²) in [6.07, 6.45) is 5.92. The minimum absolute atomic E-state index is 0.0407. The van der Waals surface area contributed by atoms with Crippen molar-refractivity contribution in [3.63, 3.8) is 0 Å². The summed E-state index contributed by atoms with van der Waals surface area (Å²) >= 11 is 5.91. The van der Waals surface area contributed by atoms with Crippen LogP contribution in [0.15, 0.2) is 36.7 Å². The molecule has 182 valence electrons. The molecule has 1 aromatic heterocycles. The summed E-state index contributed by atoms with van der Waals surface area (Å²) in [5, 5.41) is 4.00. The van der Waals surface area contributed by atoms with Crippen LogP contribution in [0.2, 0.25) is 5.02 Å². The highest BCUT2D eigenvalue weighted by Crippen LogP contribution is 2.35. The first-order valence-corrected chi connectivity index (χ1v) is 12.0. The second-order valence-electron chi connectivity index (χ2n) is 8.21. The number of benzene rings is 2. The van der Waals surface area contributed by atoms with Crippen molar-refractivity contribution in [3.8, 4) is 11.5 Å². The van der Waals surface area contributed by atoms with Crippen LogP contribution in [-0.2, 0) is 4.74 Å². The van der Waals surface area contributed by atoms with Gasteiger partial charge in [0.25, 0.3) is 0 Å². The second kappa shape index (κ2) is 12.1. The lowest BCUT2D eigenvalue weighted by Gasteiger charge is -2.26. The number of ether oxygens (including phenoxy) is 3. The SMILES string of the molecule is COc1cc2ncnc(Nc3ccc(F)c(Cl)c3)c2cc1OCCCCCCN1CCOCC1. The molecule has 0 atom stereocenters. The lowest BCUT2D eigenvalue weighted by molar-refractivity contribution is 0.0371. The average Bonchev–Trinajstić information content (AvgIpc) is 2.86. The fourth-order valence-electron chi connectivity index (χ4n) is 3.94. The van der Waals surface area contributed by atoms with E-state index in [-0.39, 0.29) is 5.02 Å². The number of halogens is 2. The minimum Gasteiger partial charge on any atom is -0.493 e. The Morgan fingerprint density at radius 1 is 1.06 bits per heavy atom. The molecule has 2 heterocycles. The van der Waals surface area contributed by atoms with Gasteiger partial charge in [-0.2, -0.15) is 0 Å². The lowest BCUT2D eigenvalue weighted by atomic mass is 10.2. The molecule has 1 fully saturated rings. The third-order valence-electron chi connectivity index (χ3n) is 5.83. The molecule has 1 aliphatic rings. The second-order valence-corrected chi connectivity index (χ2v) is 8.62. The Labute approximate surface area is 204 Å². The number of nitrogens with one attached hydrogen (secondary N) is 1. The number of fused-ring (bicyclic) bond motifs is 1. The summed E-state index contributed by atoms with van der Waals surface area (Å²) in [6.45, 7) is 5.52. The summed E-state index contributed by atoms with van der Waals surface area (Å²) in [5.74, 6) is 1.36. The average molecular weight is 489 g/mol. The van der Waals surface area contributed by atoms with Gasteiger partial charge in [-0.05, 0) is 43.7 Å². The van der Waals surface area contributed by atoms with Crippen molar-refractivity contribution in [2.45, 2.75) is 25.7 Å². The van der Waals surface area contributed by atoms with Gasteiger partial charge in [0, 0.05) is 30.2 Å². The molecule has 0 amide bonds. The van der Waals surface area contributed by atoms with Crippen LogP contribution in [0.25, 0.3) is 10.9 Å². The first kappa shape index (κ1) is 24.4. The van der Waals surface area contributed by atoms with Crippen molar-refractivity contribution in [1.82, 2.24) is 14.9 Å². The molecule has 34 heavy (non-hydrogen) atoms. The molecule has 1 aliphatic heterocycles. The maximum absolute atomic E-state index is 13.5. The number of nitrogens with zero attached hydrogens (tertiary/aromatic N) is 3. The Morgan fingerprint density at radius 3 is 2.68 bits per heavy atom. The fraction of sp³-hybridized carbons (Fsp3) is 0.440. The lowest BCUT2D eigenvalue weighted by Crippen LogP contribution is -2.36. The van der Waals surface area contributed by atoms with E-state index in [9.17, 15) is 4.39 Å². The first-order chi connectivity index (χ1) is 16.6. The number of anilines is 2. The van der Waals surface area contributed by atoms with Crippen LogP contribution in [0, 0.1) is 5.82 Å². The van der Waals surface area contributed by atoms with E-state index in [1.165, 1.54) is 31.3 Å². The Hall–Kier alpha value is -2.68. The quantitative estimate of drug-likeness (QED) is 0.360. The number of morpholine rings is 1. The predicted octanol–water partition coefficient (Wildman–Crippen LogP) is 5.45. The van der Waals surface area contributed by atoms with Crippen LogP contribution in [-0.4, -0.2) is 61.4 Å². The molecule has 0 spiro atoms. The standard InChI is InChI=1S/C25H30ClFN4O3/c1-32-23-16-22-19(25(29-17-28-22)30-18-6-7-21(27)20(26)14-18)15-24(23)34-11-5-3-2-4-8-31-9-12-33-13-10-31/h6-7,14-17H,2-5,8-13H2,1H3,(H,28,29,30). The number of hydrogen-bond acceptors (Lipinski definition) is 7. The maximum atomic E-state index is 13.5. The van der Waals surface area contributed by atoms with Gasteiger partial charge in [0.15, 0.2) is 11.5 Å². The molecule has 2 aromatic carbocycles. The first-order valence-electron chi connectivity index (χ1n) is 11.6. The number of unbranched alkanes of at least 4 members (excludes halogenated alkanes) is 3. The van der Waals surface area contributed by atoms with E-state index >= 15 is 0 Å². The summed E-state index contributed by atoms with van der Waals surface area (Å²) in [6, 6.07) is 8.14. The zero-order chi connectivity index (χ0) is 23.8. The van der Waals surface area contributed by atoms with E-state index in [1.54, 1.807) is 13.2 Å². The van der Waals surface area contributed by atoms with Crippen LogP contribution in [0.1, 0.15) is 25.7 Å². The van der Waals surface area contributed by atoms with Gasteiger partial charge < -0.3 is 19.5 Å². The van der Waals surface area contributed by atoms with E-state index in [0.29, 0.717) is 35.1 Å². The van der Waals surface area contributed by atoms with E-state index in [2.05, 4.69) is 20.2 Å². The summed E-state index contributed by atoms with van der Waals surface area (Å²) in [5.41, 5.74) is 1.33. The normalized spacial score (nSPS) is 14.3. The van der Waals surface area contributed by atoms with Crippen molar-refractivity contribution < 1.29 is 18.6 Å². The van der Waals surface area contributed by atoms with Gasteiger partial charge in [-0.15, -0.1) is 0 Å². The maximum Gasteiger partial charge on any atom is 0.162 e. The van der Waals surface area contributed by atoms with Crippen LogP contribution < -0.4 is 14.8 Å². The van der Waals surface area contributed by atoms with Gasteiger partial charge in [0.2, 0.25) is 0 Å². The molecule has 0 saturated carbocycles. The highest BCUT2D eigenvalue weighted by atomic mass is 35.5. The number of methoxy groups -OCH3 is 1. The third-order valence-corrected chi connectivity index (χ3v) is 6.12. The van der Waals surface area contributed by atoms with Gasteiger partial charge in [-0.3, -0.25) is 4.90 Å². The zero-order valence-electron chi connectivity index (χ0n) is 19.4. The molecule has 0 unspecified atom stereocenters. The van der Waals surface area contributed by atoms with E-state index < -0.39 is 5.82 Å².